The van der Waals surface area contributed by atoms with Gasteiger partial charge in [0.05, 0.1) is 18.8 Å². The van der Waals surface area contributed by atoms with Gasteiger partial charge in [-0.05, 0) is 70.6 Å². The third-order valence-electron chi connectivity index (χ3n) is 8.21. The predicted octanol–water partition coefficient (Wildman–Crippen LogP) is 11.4. The zero-order valence-electron chi connectivity index (χ0n) is 29.6. The van der Waals surface area contributed by atoms with Crippen LogP contribution in [-0.4, -0.2) is 34.9 Å². The quantitative estimate of drug-likeness (QED) is 0.0501. The first kappa shape index (κ1) is 43.1. The van der Waals surface area contributed by atoms with Crippen LogP contribution in [0, 0.1) is 0 Å². The molecular formula is C41H73NO3. The number of allylic oxidation sites excluding steroid dienone is 9. The van der Waals surface area contributed by atoms with Gasteiger partial charge in [-0.25, -0.2) is 0 Å². The fraction of sp³-hybridized carbons (Fsp3) is 0.732. The van der Waals surface area contributed by atoms with Crippen LogP contribution in [0.4, 0.5) is 0 Å². The molecule has 0 aliphatic carbocycles. The zero-order chi connectivity index (χ0) is 32.9. The monoisotopic (exact) mass is 628 g/mol. The number of aliphatic hydroxyl groups excluding tert-OH is 2. The SMILES string of the molecule is CC/C=C/CC/C=C/CC/C=C/C(O)C(CO)NC(=O)CCCCCCCCCCCCC/C=C\C/C=C\CCCCCCC. The molecule has 0 saturated heterocycles. The molecule has 0 heterocycles. The summed E-state index contributed by atoms with van der Waals surface area (Å²) in [5.74, 6) is -0.0858. The molecule has 0 saturated carbocycles. The predicted molar refractivity (Wildman–Crippen MR) is 197 cm³/mol. The third kappa shape index (κ3) is 33.3. The summed E-state index contributed by atoms with van der Waals surface area (Å²) in [4.78, 5) is 12.3. The summed E-state index contributed by atoms with van der Waals surface area (Å²) in [5, 5.41) is 22.8. The van der Waals surface area contributed by atoms with Gasteiger partial charge >= 0.3 is 0 Å². The lowest BCUT2D eigenvalue weighted by Gasteiger charge is -2.19. The van der Waals surface area contributed by atoms with E-state index in [9.17, 15) is 15.0 Å². The van der Waals surface area contributed by atoms with Crippen molar-refractivity contribution in [3.05, 3.63) is 60.8 Å². The number of hydrogen-bond donors (Lipinski definition) is 3. The van der Waals surface area contributed by atoms with Crippen LogP contribution in [0.3, 0.4) is 0 Å². The number of unbranched alkanes of at least 4 members (excludes halogenated alkanes) is 18. The van der Waals surface area contributed by atoms with E-state index in [4.69, 9.17) is 0 Å². The van der Waals surface area contributed by atoms with E-state index in [1.54, 1.807) is 6.08 Å². The van der Waals surface area contributed by atoms with Crippen molar-refractivity contribution < 1.29 is 15.0 Å². The van der Waals surface area contributed by atoms with Crippen LogP contribution in [0.1, 0.15) is 174 Å². The van der Waals surface area contributed by atoms with E-state index in [1.807, 2.05) is 6.08 Å². The van der Waals surface area contributed by atoms with E-state index in [0.717, 1.165) is 51.4 Å². The molecule has 0 bridgehead atoms. The molecule has 0 rings (SSSR count). The van der Waals surface area contributed by atoms with E-state index in [-0.39, 0.29) is 12.5 Å². The second kappa shape index (κ2) is 36.6. The van der Waals surface area contributed by atoms with Crippen LogP contribution in [0.25, 0.3) is 0 Å². The van der Waals surface area contributed by atoms with Gasteiger partial charge in [0, 0.05) is 6.42 Å². The average Bonchev–Trinajstić information content (AvgIpc) is 3.04. The van der Waals surface area contributed by atoms with Crippen LogP contribution in [-0.2, 0) is 4.79 Å². The molecule has 2 atom stereocenters. The Morgan fingerprint density at radius 1 is 0.556 bits per heavy atom. The van der Waals surface area contributed by atoms with Crippen molar-refractivity contribution in [3.8, 4) is 0 Å². The molecule has 0 aliphatic rings. The first-order chi connectivity index (χ1) is 22.2. The van der Waals surface area contributed by atoms with Crippen LogP contribution in [0.2, 0.25) is 0 Å². The molecule has 45 heavy (non-hydrogen) atoms. The summed E-state index contributed by atoms with van der Waals surface area (Å²) >= 11 is 0. The number of carbonyl (C=O) groups excluding carboxylic acids is 1. The van der Waals surface area contributed by atoms with Gasteiger partial charge in [-0.2, -0.15) is 0 Å². The molecule has 0 spiro atoms. The molecule has 0 aromatic heterocycles. The van der Waals surface area contributed by atoms with Gasteiger partial charge < -0.3 is 15.5 Å². The molecule has 0 aromatic rings. The number of carbonyl (C=O) groups is 1. The molecule has 260 valence electrons. The van der Waals surface area contributed by atoms with Gasteiger partial charge in [0.1, 0.15) is 0 Å². The van der Waals surface area contributed by atoms with Gasteiger partial charge in [-0.15, -0.1) is 0 Å². The highest BCUT2D eigenvalue weighted by Gasteiger charge is 2.17. The molecule has 0 aromatic carbocycles. The smallest absolute Gasteiger partial charge is 0.220 e. The van der Waals surface area contributed by atoms with E-state index >= 15 is 0 Å². The van der Waals surface area contributed by atoms with Gasteiger partial charge in [0.15, 0.2) is 0 Å². The maximum absolute atomic E-state index is 12.3. The molecule has 1 amide bonds. The van der Waals surface area contributed by atoms with Crippen molar-refractivity contribution in [1.29, 1.82) is 0 Å². The molecule has 4 nitrogen and oxygen atoms in total. The molecule has 0 radical (unpaired) electrons. The Bertz CT molecular complexity index is 767. The molecule has 0 aliphatic heterocycles. The summed E-state index contributed by atoms with van der Waals surface area (Å²) in [6.07, 6.45) is 50.3. The summed E-state index contributed by atoms with van der Waals surface area (Å²) in [7, 11) is 0. The van der Waals surface area contributed by atoms with E-state index < -0.39 is 12.1 Å². The first-order valence-corrected chi connectivity index (χ1v) is 19.0. The fourth-order valence-corrected chi connectivity index (χ4v) is 5.30. The Morgan fingerprint density at radius 2 is 1.00 bits per heavy atom. The molecule has 4 heteroatoms. The number of aliphatic hydroxyl groups is 2. The van der Waals surface area contributed by atoms with Gasteiger partial charge in [0.25, 0.3) is 0 Å². The fourth-order valence-electron chi connectivity index (χ4n) is 5.30. The van der Waals surface area contributed by atoms with Crippen LogP contribution < -0.4 is 5.32 Å². The number of nitrogens with one attached hydrogen (secondary N) is 1. The Kier molecular flexibility index (Phi) is 35.0. The minimum absolute atomic E-state index is 0.0858. The second-order valence-electron chi connectivity index (χ2n) is 12.6. The van der Waals surface area contributed by atoms with Gasteiger partial charge in [-0.1, -0.05) is 158 Å². The summed E-state index contributed by atoms with van der Waals surface area (Å²) in [6.45, 7) is 4.14. The van der Waals surface area contributed by atoms with Crippen LogP contribution in [0.5, 0.6) is 0 Å². The molecule has 0 fully saturated rings. The second-order valence-corrected chi connectivity index (χ2v) is 12.6. The Hall–Kier alpha value is -1.91. The van der Waals surface area contributed by atoms with E-state index in [2.05, 4.69) is 67.8 Å². The normalized spacial score (nSPS) is 13.8. The van der Waals surface area contributed by atoms with Crippen molar-refractivity contribution in [2.24, 2.45) is 0 Å². The summed E-state index contributed by atoms with van der Waals surface area (Å²) < 4.78 is 0. The lowest BCUT2D eigenvalue weighted by Crippen LogP contribution is -2.45. The van der Waals surface area contributed by atoms with E-state index in [0.29, 0.717) is 6.42 Å². The van der Waals surface area contributed by atoms with Crippen molar-refractivity contribution in [2.45, 2.75) is 187 Å². The standard InChI is InChI=1S/C41H73NO3/c1-3-5-7-9-11-13-15-16-17-18-19-20-21-22-23-24-25-26-27-29-31-33-35-37-41(45)42-39(38-43)40(44)36-34-32-30-28-14-12-10-8-6-4-2/h6,8,14-16,18-19,28,34,36,39-40,43-44H,3-5,7,9-13,17,20-27,29-33,35,37-38H2,1-2H3,(H,42,45)/b8-6+,16-15-,19-18-,28-14+,36-34+. The Labute approximate surface area is 279 Å². The Morgan fingerprint density at radius 3 is 1.51 bits per heavy atom. The maximum atomic E-state index is 12.3. The molecule has 2 unspecified atom stereocenters. The van der Waals surface area contributed by atoms with E-state index in [1.165, 1.54) is 103 Å². The van der Waals surface area contributed by atoms with Crippen LogP contribution in [0.15, 0.2) is 60.8 Å². The summed E-state index contributed by atoms with van der Waals surface area (Å²) in [5.41, 5.74) is 0. The minimum Gasteiger partial charge on any atom is -0.394 e. The lowest BCUT2D eigenvalue weighted by atomic mass is 10.0. The van der Waals surface area contributed by atoms with Crippen molar-refractivity contribution in [2.75, 3.05) is 6.61 Å². The minimum atomic E-state index is -0.869. The van der Waals surface area contributed by atoms with Crippen molar-refractivity contribution in [1.82, 2.24) is 5.32 Å². The maximum Gasteiger partial charge on any atom is 0.220 e. The molecular weight excluding hydrogens is 554 g/mol. The number of hydrogen-bond acceptors (Lipinski definition) is 3. The average molecular weight is 628 g/mol. The van der Waals surface area contributed by atoms with Crippen molar-refractivity contribution in [3.63, 3.8) is 0 Å². The summed E-state index contributed by atoms with van der Waals surface area (Å²) in [6, 6.07) is -0.645. The first-order valence-electron chi connectivity index (χ1n) is 19.0. The largest absolute Gasteiger partial charge is 0.394 e. The topological polar surface area (TPSA) is 69.6 Å². The highest BCUT2D eigenvalue weighted by atomic mass is 16.3. The highest BCUT2D eigenvalue weighted by Crippen LogP contribution is 2.13. The Balaban J connectivity index is 3.59. The van der Waals surface area contributed by atoms with Gasteiger partial charge in [-0.3, -0.25) is 4.79 Å². The van der Waals surface area contributed by atoms with Gasteiger partial charge in [0.2, 0.25) is 5.91 Å². The third-order valence-corrected chi connectivity index (χ3v) is 8.21. The van der Waals surface area contributed by atoms with Crippen LogP contribution >= 0.6 is 0 Å². The number of amides is 1. The number of rotatable bonds is 33. The lowest BCUT2D eigenvalue weighted by molar-refractivity contribution is -0.123. The van der Waals surface area contributed by atoms with Crippen molar-refractivity contribution >= 4 is 5.91 Å². The highest BCUT2D eigenvalue weighted by molar-refractivity contribution is 5.76. The molecule has 3 N–H and O–H groups in total. The zero-order valence-corrected chi connectivity index (χ0v) is 29.6.